The number of carbonyl (C=O) groups excluding carboxylic acids is 6. The minimum atomic E-state index is -0.187. The normalized spacial score (nSPS) is 6.48. The van der Waals surface area contributed by atoms with Crippen LogP contribution in [-0.2, 0) is 28.8 Å². The van der Waals surface area contributed by atoms with E-state index in [1.807, 2.05) is 0 Å². The minimum absolute atomic E-state index is 0. The number of Topliss-reactive ketones (excluding diaryl/α,β-unsaturated/α-hetero) is 6. The molecule has 0 rings (SSSR count). The van der Waals surface area contributed by atoms with Crippen LogP contribution in [0.5, 0.6) is 0 Å². The van der Waals surface area contributed by atoms with Crippen LogP contribution in [0.3, 0.4) is 0 Å². The molecule has 0 aliphatic rings. The molecule has 0 aromatic carbocycles. The molecule has 10 heteroatoms. The molecule has 9 nitrogen and oxygen atoms in total. The maximum Gasteiger partial charge on any atom is 3.00 e. The van der Waals surface area contributed by atoms with Crippen molar-refractivity contribution in [3.05, 3.63) is 19.3 Å². The molecule has 0 aromatic rings. The Morgan fingerprint density at radius 3 is 0.480 bits per heavy atom. The second-order valence-electron chi connectivity index (χ2n) is 4.10. The van der Waals surface area contributed by atoms with E-state index in [9.17, 15) is 28.8 Å². The Bertz CT molecular complexity index is 319. The van der Waals surface area contributed by atoms with Crippen LogP contribution in [0, 0.1) is 56.1 Å². The number of carbonyl (C=O) groups is 6. The SMILES string of the molecule is CC(=O)[CH-]C(C)=O.CC(=O)[CH-]C(C)=O.CC(=O)[CH-]C(C)=O.O.O.O.[Tm+3]. The summed E-state index contributed by atoms with van der Waals surface area (Å²) in [5.74, 6) is -1.12. The van der Waals surface area contributed by atoms with Crippen LogP contribution in [0.15, 0.2) is 0 Å². The van der Waals surface area contributed by atoms with Gasteiger partial charge in [0.05, 0.1) is 0 Å². The summed E-state index contributed by atoms with van der Waals surface area (Å²) in [7, 11) is 0. The van der Waals surface area contributed by atoms with Gasteiger partial charge in [0.1, 0.15) is 0 Å². The van der Waals surface area contributed by atoms with Crippen LogP contribution in [-0.4, -0.2) is 51.1 Å². The molecule has 0 aliphatic heterocycles. The first-order chi connectivity index (χ1) is 9.38. The minimum Gasteiger partial charge on any atom is -0.412 e. The van der Waals surface area contributed by atoms with Gasteiger partial charge in [0.15, 0.2) is 0 Å². The summed E-state index contributed by atoms with van der Waals surface area (Å²) in [6, 6.07) is 0. The topological polar surface area (TPSA) is 197 Å². The van der Waals surface area contributed by atoms with Gasteiger partial charge < -0.3 is 45.2 Å². The average molecular weight is 520 g/mol. The number of hydrogen-bond donors (Lipinski definition) is 0. The van der Waals surface area contributed by atoms with E-state index in [0.717, 1.165) is 19.3 Å². The fourth-order valence-corrected chi connectivity index (χ4v) is 0.859. The van der Waals surface area contributed by atoms with Crippen molar-refractivity contribution in [2.75, 3.05) is 0 Å². The van der Waals surface area contributed by atoms with E-state index in [-0.39, 0.29) is 88.0 Å². The fourth-order valence-electron chi connectivity index (χ4n) is 0.859. The predicted octanol–water partition coefficient (Wildman–Crippen LogP) is -1.37. The summed E-state index contributed by atoms with van der Waals surface area (Å²) in [5.41, 5.74) is 0. The average Bonchev–Trinajstić information content (AvgIpc) is 2.10. The van der Waals surface area contributed by atoms with E-state index in [1.54, 1.807) is 0 Å². The van der Waals surface area contributed by atoms with E-state index in [4.69, 9.17) is 0 Å². The van der Waals surface area contributed by atoms with Crippen molar-refractivity contribution in [3.8, 4) is 0 Å². The van der Waals surface area contributed by atoms with Crippen LogP contribution in [0.2, 0.25) is 0 Å². The molecule has 0 aromatic heterocycles. The van der Waals surface area contributed by atoms with Gasteiger partial charge >= 0.3 is 36.9 Å². The molecule has 0 aliphatic carbocycles. The van der Waals surface area contributed by atoms with Crippen molar-refractivity contribution in [2.45, 2.75) is 41.5 Å². The van der Waals surface area contributed by atoms with Crippen LogP contribution in [0.25, 0.3) is 0 Å². The molecular formula is C15H27O9Tm. The van der Waals surface area contributed by atoms with Gasteiger partial charge in [0.2, 0.25) is 0 Å². The monoisotopic (exact) mass is 520 g/mol. The van der Waals surface area contributed by atoms with Crippen molar-refractivity contribution in [3.63, 3.8) is 0 Å². The first-order valence-electron chi connectivity index (χ1n) is 5.96. The molecule has 0 saturated heterocycles. The number of ketones is 6. The molecule has 0 heterocycles. The van der Waals surface area contributed by atoms with Gasteiger partial charge in [-0.1, -0.05) is 0 Å². The van der Waals surface area contributed by atoms with E-state index in [0.29, 0.717) is 0 Å². The van der Waals surface area contributed by atoms with Gasteiger partial charge in [-0.25, -0.2) is 0 Å². The van der Waals surface area contributed by atoms with Crippen molar-refractivity contribution in [1.29, 1.82) is 0 Å². The van der Waals surface area contributed by atoms with Crippen LogP contribution >= 0.6 is 0 Å². The second-order valence-corrected chi connectivity index (χ2v) is 4.10. The quantitative estimate of drug-likeness (QED) is 0.306. The predicted molar refractivity (Wildman–Crippen MR) is 87.8 cm³/mol. The molecule has 0 atom stereocenters. The van der Waals surface area contributed by atoms with E-state index in [1.165, 1.54) is 41.5 Å². The molecule has 0 bridgehead atoms. The fraction of sp³-hybridized carbons (Fsp3) is 0.400. The molecule has 0 spiro atoms. The van der Waals surface area contributed by atoms with E-state index in [2.05, 4.69) is 0 Å². The molecule has 0 saturated carbocycles. The maximum absolute atomic E-state index is 9.98. The largest absolute Gasteiger partial charge is 3.00 e. The first-order valence-corrected chi connectivity index (χ1v) is 5.96. The first kappa shape index (κ1) is 43.8. The second kappa shape index (κ2) is 27.6. The molecule has 0 amide bonds. The number of rotatable bonds is 6. The molecule has 25 heavy (non-hydrogen) atoms. The Morgan fingerprint density at radius 1 is 0.400 bits per heavy atom. The van der Waals surface area contributed by atoms with Crippen molar-refractivity contribution in [2.24, 2.45) is 0 Å². The Morgan fingerprint density at radius 2 is 0.480 bits per heavy atom. The number of hydrogen-bond acceptors (Lipinski definition) is 6. The standard InChI is InChI=1S/3C5H7O2.3H2O.Tm/c3*1-4(6)3-5(2)7;;;;/h3*3H,1-2H3;3*1H2;/q3*-1;;;;+3. The molecular weight excluding hydrogens is 493 g/mol. The summed E-state index contributed by atoms with van der Waals surface area (Å²) < 4.78 is 0. The van der Waals surface area contributed by atoms with Gasteiger partial charge in [0.25, 0.3) is 0 Å². The zero-order chi connectivity index (χ0) is 17.6. The molecule has 0 unspecified atom stereocenters. The third-order valence-electron chi connectivity index (χ3n) is 1.22. The Hall–Kier alpha value is -1.26. The maximum atomic E-state index is 9.98. The van der Waals surface area contributed by atoms with Crippen LogP contribution in [0.4, 0.5) is 0 Å². The summed E-state index contributed by atoms with van der Waals surface area (Å²) in [6.07, 6.45) is 3.17. The van der Waals surface area contributed by atoms with Gasteiger partial charge in [-0.3, -0.25) is 19.3 Å². The third kappa shape index (κ3) is 84.8. The Kier molecular flexibility index (Phi) is 48.3. The third-order valence-corrected chi connectivity index (χ3v) is 1.22. The van der Waals surface area contributed by atoms with Gasteiger partial charge in [-0.2, -0.15) is 0 Å². The zero-order valence-electron chi connectivity index (χ0n) is 15.0. The Labute approximate surface area is 177 Å². The van der Waals surface area contributed by atoms with Crippen LogP contribution < -0.4 is 0 Å². The van der Waals surface area contributed by atoms with Crippen molar-refractivity contribution < 1.29 is 82.1 Å². The van der Waals surface area contributed by atoms with E-state index >= 15 is 0 Å². The van der Waals surface area contributed by atoms with Gasteiger partial charge in [-0.05, 0) is 41.5 Å². The summed E-state index contributed by atoms with van der Waals surface area (Å²) in [4.78, 5) is 59.9. The molecule has 0 radical (unpaired) electrons. The molecule has 0 fully saturated rings. The Balaban J connectivity index is -0.0000000360. The van der Waals surface area contributed by atoms with Crippen molar-refractivity contribution >= 4 is 34.7 Å². The summed E-state index contributed by atoms with van der Waals surface area (Å²) >= 11 is 0. The van der Waals surface area contributed by atoms with Gasteiger partial charge in [0, 0.05) is 34.7 Å². The zero-order valence-corrected chi connectivity index (χ0v) is 16.7. The van der Waals surface area contributed by atoms with Crippen molar-refractivity contribution in [1.82, 2.24) is 0 Å². The molecule has 6 N–H and O–H groups in total. The van der Waals surface area contributed by atoms with Crippen LogP contribution in [0.1, 0.15) is 41.5 Å². The van der Waals surface area contributed by atoms with Gasteiger partial charge in [-0.15, -0.1) is 0 Å². The molecule has 154 valence electrons. The smallest absolute Gasteiger partial charge is 0.412 e. The summed E-state index contributed by atoms with van der Waals surface area (Å²) in [5, 5.41) is 0. The van der Waals surface area contributed by atoms with E-state index < -0.39 is 0 Å². The summed E-state index contributed by atoms with van der Waals surface area (Å²) in [6.45, 7) is 8.09.